The van der Waals surface area contributed by atoms with Gasteiger partial charge in [0.15, 0.2) is 5.76 Å². The maximum Gasteiger partial charge on any atom is 0.407 e. The van der Waals surface area contributed by atoms with Crippen LogP contribution in [0.3, 0.4) is 0 Å². The van der Waals surface area contributed by atoms with Crippen LogP contribution in [-0.4, -0.2) is 73.0 Å². The van der Waals surface area contributed by atoms with Crippen molar-refractivity contribution >= 4 is 17.7 Å². The lowest BCUT2D eigenvalue weighted by atomic mass is 10.1. The number of piperazine rings is 1. The number of hydrogen-bond donors (Lipinski definition) is 2. The van der Waals surface area contributed by atoms with Crippen molar-refractivity contribution in [3.63, 3.8) is 0 Å². The number of amides is 2. The highest BCUT2D eigenvalue weighted by Gasteiger charge is 2.19. The highest BCUT2D eigenvalue weighted by atomic mass is 16.6. The quantitative estimate of drug-likeness (QED) is 0.248. The van der Waals surface area contributed by atoms with Gasteiger partial charge in [0.05, 0.1) is 6.07 Å². The minimum atomic E-state index is -0.572. The number of anilines is 1. The number of nitrogens with one attached hydrogen (secondary N) is 2. The summed E-state index contributed by atoms with van der Waals surface area (Å²) in [6.45, 7) is 13.0. The Labute approximate surface area is 260 Å². The number of ether oxygens (including phenoxy) is 1. The molecule has 1 aromatic heterocycles. The maximum atomic E-state index is 12.5. The van der Waals surface area contributed by atoms with Gasteiger partial charge in [0.25, 0.3) is 5.91 Å². The molecule has 2 amide bonds. The lowest BCUT2D eigenvalue weighted by Crippen LogP contribution is -2.46. The van der Waals surface area contributed by atoms with E-state index >= 15 is 0 Å². The standard InChI is InChI=1S/C34H44N6O4/c1-25(24-35)37-32(41)28-13-9-11-26(21-28)30-23-31(44-38-30)27-12-10-14-29(22-27)40-19-17-39(18-20-40)16-8-6-5-7-15-36-33(42)43-34(2,3)4/h9-14,21-23,25H,5-8,15-20H2,1-4H3,(H,36,42)(H,37,41). The molecule has 1 aliphatic rings. The first kappa shape index (κ1) is 32.6. The molecule has 2 aromatic carbocycles. The number of unbranched alkanes of at least 4 members (excludes halogenated alkanes) is 3. The predicted octanol–water partition coefficient (Wildman–Crippen LogP) is 5.86. The summed E-state index contributed by atoms with van der Waals surface area (Å²) in [4.78, 5) is 29.1. The number of rotatable bonds is 12. The van der Waals surface area contributed by atoms with Crippen molar-refractivity contribution in [3.8, 4) is 28.7 Å². The molecule has 0 aliphatic carbocycles. The molecule has 10 nitrogen and oxygen atoms in total. The van der Waals surface area contributed by atoms with E-state index in [-0.39, 0.29) is 12.0 Å². The molecule has 2 heterocycles. The van der Waals surface area contributed by atoms with E-state index in [1.807, 2.05) is 51.1 Å². The van der Waals surface area contributed by atoms with Gasteiger partial charge in [-0.1, -0.05) is 42.3 Å². The fourth-order valence-corrected chi connectivity index (χ4v) is 5.08. The monoisotopic (exact) mass is 600 g/mol. The molecule has 1 atom stereocenters. The van der Waals surface area contributed by atoms with Crippen LogP contribution in [0.1, 0.15) is 63.7 Å². The molecule has 1 saturated heterocycles. The third kappa shape index (κ3) is 9.85. The molecule has 0 radical (unpaired) electrons. The molecular weight excluding hydrogens is 556 g/mol. The van der Waals surface area contributed by atoms with E-state index in [4.69, 9.17) is 14.5 Å². The fourth-order valence-electron chi connectivity index (χ4n) is 5.08. The Morgan fingerprint density at radius 2 is 1.73 bits per heavy atom. The van der Waals surface area contributed by atoms with Gasteiger partial charge in [-0.2, -0.15) is 5.26 Å². The fraction of sp³-hybridized carbons (Fsp3) is 0.471. The van der Waals surface area contributed by atoms with Gasteiger partial charge in [0, 0.05) is 61.2 Å². The summed E-state index contributed by atoms with van der Waals surface area (Å²) in [6, 6.07) is 18.8. The molecule has 10 heteroatoms. The number of benzene rings is 2. The topological polar surface area (TPSA) is 124 Å². The molecule has 2 N–H and O–H groups in total. The van der Waals surface area contributed by atoms with E-state index in [9.17, 15) is 9.59 Å². The Hall–Kier alpha value is -4.36. The number of carbonyl (C=O) groups excluding carboxylic acids is 2. The van der Waals surface area contributed by atoms with Crippen molar-refractivity contribution < 1.29 is 18.8 Å². The summed E-state index contributed by atoms with van der Waals surface area (Å²) < 4.78 is 11.0. The largest absolute Gasteiger partial charge is 0.444 e. The molecule has 0 spiro atoms. The second kappa shape index (κ2) is 15.4. The van der Waals surface area contributed by atoms with Gasteiger partial charge >= 0.3 is 6.09 Å². The average Bonchev–Trinajstić information content (AvgIpc) is 3.51. The lowest BCUT2D eigenvalue weighted by Gasteiger charge is -2.36. The Bertz CT molecular complexity index is 1430. The van der Waals surface area contributed by atoms with E-state index in [0.29, 0.717) is 23.6 Å². The minimum Gasteiger partial charge on any atom is -0.444 e. The van der Waals surface area contributed by atoms with Crippen molar-refractivity contribution in [1.82, 2.24) is 20.7 Å². The van der Waals surface area contributed by atoms with E-state index in [2.05, 4.69) is 37.7 Å². The molecule has 1 fully saturated rings. The summed E-state index contributed by atoms with van der Waals surface area (Å²) in [7, 11) is 0. The predicted molar refractivity (Wildman–Crippen MR) is 171 cm³/mol. The molecule has 0 bridgehead atoms. The van der Waals surface area contributed by atoms with Crippen molar-refractivity contribution in [2.45, 2.75) is 65.0 Å². The van der Waals surface area contributed by atoms with Crippen LogP contribution >= 0.6 is 0 Å². The molecule has 4 rings (SSSR count). The van der Waals surface area contributed by atoms with Gasteiger partial charge in [0.2, 0.25) is 0 Å². The molecule has 234 valence electrons. The smallest absolute Gasteiger partial charge is 0.407 e. The molecule has 1 aliphatic heterocycles. The maximum absolute atomic E-state index is 12.5. The zero-order valence-corrected chi connectivity index (χ0v) is 26.3. The minimum absolute atomic E-state index is 0.304. The Morgan fingerprint density at radius 3 is 2.48 bits per heavy atom. The summed E-state index contributed by atoms with van der Waals surface area (Å²) in [5, 5.41) is 18.7. The van der Waals surface area contributed by atoms with E-state index in [1.165, 1.54) is 0 Å². The van der Waals surface area contributed by atoms with Crippen molar-refractivity contribution in [2.75, 3.05) is 44.2 Å². The highest BCUT2D eigenvalue weighted by Crippen LogP contribution is 2.29. The van der Waals surface area contributed by atoms with Crippen molar-refractivity contribution in [1.29, 1.82) is 5.26 Å². The molecule has 0 saturated carbocycles. The molecular formula is C34H44N6O4. The summed E-state index contributed by atoms with van der Waals surface area (Å²) in [5.74, 6) is 0.358. The third-order valence-electron chi connectivity index (χ3n) is 7.41. The van der Waals surface area contributed by atoms with Crippen LogP contribution in [0.2, 0.25) is 0 Å². The van der Waals surface area contributed by atoms with Gasteiger partial charge in [-0.15, -0.1) is 0 Å². The first-order chi connectivity index (χ1) is 21.1. The van der Waals surface area contributed by atoms with Gasteiger partial charge in [-0.25, -0.2) is 4.79 Å². The highest BCUT2D eigenvalue weighted by molar-refractivity contribution is 5.95. The summed E-state index contributed by atoms with van der Waals surface area (Å²) >= 11 is 0. The van der Waals surface area contributed by atoms with Crippen molar-refractivity contribution in [3.05, 3.63) is 60.2 Å². The van der Waals surface area contributed by atoms with E-state index in [1.54, 1.807) is 25.1 Å². The van der Waals surface area contributed by atoms with E-state index in [0.717, 1.165) is 75.2 Å². The van der Waals surface area contributed by atoms with Crippen LogP contribution in [0.15, 0.2) is 59.1 Å². The number of carbonyl (C=O) groups is 2. The second-order valence-electron chi connectivity index (χ2n) is 12.2. The van der Waals surface area contributed by atoms with Gasteiger partial charge in [-0.05, 0) is 71.3 Å². The zero-order valence-electron chi connectivity index (χ0n) is 26.3. The molecule has 3 aromatic rings. The van der Waals surface area contributed by atoms with Gasteiger partial charge < -0.3 is 24.8 Å². The average molecular weight is 601 g/mol. The SMILES string of the molecule is CC(C#N)NC(=O)c1cccc(-c2cc(-c3cccc(N4CCN(CCCCCCNC(=O)OC(C)(C)C)CC4)c3)on2)c1. The van der Waals surface area contributed by atoms with Crippen LogP contribution in [0.4, 0.5) is 10.5 Å². The molecule has 44 heavy (non-hydrogen) atoms. The first-order valence-corrected chi connectivity index (χ1v) is 15.4. The normalized spacial score (nSPS) is 14.5. The van der Waals surface area contributed by atoms with E-state index < -0.39 is 11.6 Å². The Morgan fingerprint density at radius 1 is 1.00 bits per heavy atom. The first-order valence-electron chi connectivity index (χ1n) is 15.4. The lowest BCUT2D eigenvalue weighted by molar-refractivity contribution is 0.0526. The Balaban J connectivity index is 1.22. The number of hydrogen-bond acceptors (Lipinski definition) is 8. The number of aromatic nitrogens is 1. The number of nitrogens with zero attached hydrogens (tertiary/aromatic N) is 4. The number of alkyl carbamates (subject to hydrolysis) is 1. The van der Waals surface area contributed by atoms with Crippen LogP contribution < -0.4 is 15.5 Å². The van der Waals surface area contributed by atoms with Crippen molar-refractivity contribution in [2.24, 2.45) is 0 Å². The third-order valence-corrected chi connectivity index (χ3v) is 7.41. The Kier molecular flexibility index (Phi) is 11.4. The summed E-state index contributed by atoms with van der Waals surface area (Å²) in [6.07, 6.45) is 4.01. The zero-order chi connectivity index (χ0) is 31.5. The van der Waals surface area contributed by atoms with Crippen LogP contribution in [-0.2, 0) is 4.74 Å². The van der Waals surface area contributed by atoms with Crippen LogP contribution in [0, 0.1) is 11.3 Å². The van der Waals surface area contributed by atoms with Gasteiger partial charge in [0.1, 0.15) is 17.3 Å². The number of nitriles is 1. The molecule has 1 unspecified atom stereocenters. The summed E-state index contributed by atoms with van der Waals surface area (Å²) in [5.41, 5.74) is 3.50. The van der Waals surface area contributed by atoms with Crippen LogP contribution in [0.5, 0.6) is 0 Å². The van der Waals surface area contributed by atoms with Crippen LogP contribution in [0.25, 0.3) is 22.6 Å². The van der Waals surface area contributed by atoms with Gasteiger partial charge in [-0.3, -0.25) is 9.69 Å². The second-order valence-corrected chi connectivity index (χ2v) is 12.2.